The summed E-state index contributed by atoms with van der Waals surface area (Å²) < 4.78 is 13.6. The smallest absolute Gasteiger partial charge is 0.223 e. The molecule has 0 atom stereocenters. The second kappa shape index (κ2) is 7.75. The summed E-state index contributed by atoms with van der Waals surface area (Å²) in [4.78, 5) is 20.5. The van der Waals surface area contributed by atoms with Crippen LogP contribution in [0.5, 0.6) is 0 Å². The molecule has 2 aromatic rings. The molecule has 0 spiro atoms. The van der Waals surface area contributed by atoms with E-state index in [2.05, 4.69) is 11.1 Å². The van der Waals surface area contributed by atoms with Gasteiger partial charge in [0.15, 0.2) is 0 Å². The van der Waals surface area contributed by atoms with Crippen LogP contribution >= 0.6 is 0 Å². The number of nitriles is 1. The fraction of sp³-hybridized carbons (Fsp3) is 0.316. The number of carbonyl (C=O) groups excluding carboxylic acids is 1. The standard InChI is InChI=1S/C19H19FN4O/c20-17-6-2-1-4-15(17)7-8-18(25)23-10-12-24(13-11-23)19-16(14-21)5-3-9-22-19/h1-6,9H,7-8,10-13H2. The van der Waals surface area contributed by atoms with Crippen LogP contribution < -0.4 is 4.90 Å². The van der Waals surface area contributed by atoms with E-state index in [1.165, 1.54) is 6.07 Å². The third-order valence-electron chi connectivity index (χ3n) is 4.41. The molecule has 25 heavy (non-hydrogen) atoms. The van der Waals surface area contributed by atoms with Crippen LogP contribution in [-0.2, 0) is 11.2 Å². The number of halogens is 1. The number of aryl methyl sites for hydroxylation is 1. The largest absolute Gasteiger partial charge is 0.352 e. The molecule has 0 radical (unpaired) electrons. The molecule has 0 aliphatic carbocycles. The van der Waals surface area contributed by atoms with Crippen molar-refractivity contribution < 1.29 is 9.18 Å². The summed E-state index contributed by atoms with van der Waals surface area (Å²) in [7, 11) is 0. The third-order valence-corrected chi connectivity index (χ3v) is 4.41. The number of nitrogens with zero attached hydrogens (tertiary/aromatic N) is 4. The van der Waals surface area contributed by atoms with Gasteiger partial charge in [0.2, 0.25) is 5.91 Å². The zero-order chi connectivity index (χ0) is 17.6. The van der Waals surface area contributed by atoms with E-state index < -0.39 is 0 Å². The van der Waals surface area contributed by atoms with Gasteiger partial charge in [-0.3, -0.25) is 4.79 Å². The molecular formula is C19H19FN4O. The molecule has 3 rings (SSSR count). The summed E-state index contributed by atoms with van der Waals surface area (Å²) in [6.45, 7) is 2.43. The van der Waals surface area contributed by atoms with Gasteiger partial charge < -0.3 is 9.80 Å². The van der Waals surface area contributed by atoms with E-state index in [0.717, 1.165) is 0 Å². The summed E-state index contributed by atoms with van der Waals surface area (Å²) in [6, 6.07) is 12.2. The minimum Gasteiger partial charge on any atom is -0.352 e. The summed E-state index contributed by atoms with van der Waals surface area (Å²) in [5, 5.41) is 9.18. The monoisotopic (exact) mass is 338 g/mol. The first-order chi connectivity index (χ1) is 12.2. The van der Waals surface area contributed by atoms with Gasteiger partial charge in [0, 0.05) is 38.8 Å². The molecular weight excluding hydrogens is 319 g/mol. The molecule has 6 heteroatoms. The topological polar surface area (TPSA) is 60.2 Å². The van der Waals surface area contributed by atoms with E-state index >= 15 is 0 Å². The molecule has 2 heterocycles. The molecule has 1 amide bonds. The van der Waals surface area contributed by atoms with Crippen LogP contribution in [0.1, 0.15) is 17.5 Å². The lowest BCUT2D eigenvalue weighted by Gasteiger charge is -2.35. The van der Waals surface area contributed by atoms with Crippen LogP contribution in [0.4, 0.5) is 10.2 Å². The predicted molar refractivity (Wildman–Crippen MR) is 92.5 cm³/mol. The van der Waals surface area contributed by atoms with Crippen LogP contribution in [0, 0.1) is 17.1 Å². The van der Waals surface area contributed by atoms with Crippen molar-refractivity contribution >= 4 is 11.7 Å². The van der Waals surface area contributed by atoms with Crippen molar-refractivity contribution in [2.75, 3.05) is 31.1 Å². The number of aromatic nitrogens is 1. The molecule has 1 fully saturated rings. The highest BCUT2D eigenvalue weighted by molar-refractivity contribution is 5.76. The van der Waals surface area contributed by atoms with Gasteiger partial charge in [-0.1, -0.05) is 18.2 Å². The molecule has 128 valence electrons. The Morgan fingerprint density at radius 3 is 2.64 bits per heavy atom. The number of carbonyl (C=O) groups is 1. The van der Waals surface area contributed by atoms with Gasteiger partial charge in [-0.2, -0.15) is 5.26 Å². The molecule has 1 aromatic carbocycles. The lowest BCUT2D eigenvalue weighted by molar-refractivity contribution is -0.131. The van der Waals surface area contributed by atoms with Gasteiger partial charge in [0.05, 0.1) is 5.56 Å². The van der Waals surface area contributed by atoms with E-state index in [1.54, 1.807) is 41.4 Å². The highest BCUT2D eigenvalue weighted by atomic mass is 19.1. The maximum Gasteiger partial charge on any atom is 0.223 e. The number of hydrogen-bond donors (Lipinski definition) is 0. The second-order valence-corrected chi connectivity index (χ2v) is 5.95. The quantitative estimate of drug-likeness (QED) is 0.859. The summed E-state index contributed by atoms with van der Waals surface area (Å²) in [5.74, 6) is 0.437. The minimum absolute atomic E-state index is 0.0319. The van der Waals surface area contributed by atoms with Gasteiger partial charge in [-0.15, -0.1) is 0 Å². The first kappa shape index (κ1) is 16.9. The van der Waals surface area contributed by atoms with Gasteiger partial charge in [0.1, 0.15) is 17.7 Å². The van der Waals surface area contributed by atoms with Crippen molar-refractivity contribution in [2.45, 2.75) is 12.8 Å². The maximum absolute atomic E-state index is 13.6. The van der Waals surface area contributed by atoms with E-state index in [9.17, 15) is 14.4 Å². The third kappa shape index (κ3) is 3.94. The van der Waals surface area contributed by atoms with Gasteiger partial charge in [-0.05, 0) is 30.2 Å². The van der Waals surface area contributed by atoms with E-state index in [-0.39, 0.29) is 11.7 Å². The van der Waals surface area contributed by atoms with Crippen LogP contribution in [0.25, 0.3) is 0 Å². The molecule has 0 N–H and O–H groups in total. The predicted octanol–water partition coefficient (Wildman–Crippen LogP) is 2.37. The second-order valence-electron chi connectivity index (χ2n) is 5.95. The van der Waals surface area contributed by atoms with Crippen LogP contribution in [-0.4, -0.2) is 42.0 Å². The Morgan fingerprint density at radius 1 is 1.16 bits per heavy atom. The van der Waals surface area contributed by atoms with E-state index in [4.69, 9.17) is 0 Å². The fourth-order valence-electron chi connectivity index (χ4n) is 3.00. The molecule has 0 unspecified atom stereocenters. The minimum atomic E-state index is -0.265. The lowest BCUT2D eigenvalue weighted by atomic mass is 10.1. The van der Waals surface area contributed by atoms with Crippen molar-refractivity contribution in [3.05, 3.63) is 59.5 Å². The molecule has 1 aliphatic heterocycles. The van der Waals surface area contributed by atoms with Crippen LogP contribution in [0.15, 0.2) is 42.6 Å². The summed E-state index contributed by atoms with van der Waals surface area (Å²) in [5.41, 5.74) is 1.11. The highest BCUT2D eigenvalue weighted by Gasteiger charge is 2.23. The van der Waals surface area contributed by atoms with Crippen molar-refractivity contribution in [1.82, 2.24) is 9.88 Å². The Morgan fingerprint density at radius 2 is 1.92 bits per heavy atom. The Balaban J connectivity index is 1.54. The number of benzene rings is 1. The number of hydrogen-bond acceptors (Lipinski definition) is 4. The maximum atomic E-state index is 13.6. The SMILES string of the molecule is N#Cc1cccnc1N1CCN(C(=O)CCc2ccccc2F)CC1. The Bertz CT molecular complexity index is 794. The summed E-state index contributed by atoms with van der Waals surface area (Å²) >= 11 is 0. The van der Waals surface area contributed by atoms with Gasteiger partial charge in [0.25, 0.3) is 0 Å². The van der Waals surface area contributed by atoms with Crippen molar-refractivity contribution in [1.29, 1.82) is 5.26 Å². The number of amides is 1. The molecule has 1 saturated heterocycles. The molecule has 0 bridgehead atoms. The molecule has 5 nitrogen and oxygen atoms in total. The van der Waals surface area contributed by atoms with Crippen molar-refractivity contribution in [3.63, 3.8) is 0 Å². The fourth-order valence-corrected chi connectivity index (χ4v) is 3.00. The first-order valence-corrected chi connectivity index (χ1v) is 8.30. The average molecular weight is 338 g/mol. The number of piperazine rings is 1. The highest BCUT2D eigenvalue weighted by Crippen LogP contribution is 2.18. The Hall–Kier alpha value is -2.94. The first-order valence-electron chi connectivity index (χ1n) is 8.30. The van der Waals surface area contributed by atoms with E-state index in [0.29, 0.717) is 56.0 Å². The Labute approximate surface area is 146 Å². The molecule has 1 aliphatic rings. The van der Waals surface area contributed by atoms with Gasteiger partial charge in [-0.25, -0.2) is 9.37 Å². The number of rotatable bonds is 4. The van der Waals surface area contributed by atoms with E-state index in [1.807, 2.05) is 4.90 Å². The zero-order valence-electron chi connectivity index (χ0n) is 13.9. The normalized spacial score (nSPS) is 14.2. The van der Waals surface area contributed by atoms with Crippen LogP contribution in [0.2, 0.25) is 0 Å². The van der Waals surface area contributed by atoms with Gasteiger partial charge >= 0.3 is 0 Å². The van der Waals surface area contributed by atoms with Crippen molar-refractivity contribution in [3.8, 4) is 6.07 Å². The average Bonchev–Trinajstić information content (AvgIpc) is 2.67. The number of anilines is 1. The molecule has 1 aromatic heterocycles. The lowest BCUT2D eigenvalue weighted by Crippen LogP contribution is -2.49. The van der Waals surface area contributed by atoms with Crippen molar-refractivity contribution in [2.24, 2.45) is 0 Å². The van der Waals surface area contributed by atoms with Crippen LogP contribution in [0.3, 0.4) is 0 Å². The number of pyridine rings is 1. The molecule has 0 saturated carbocycles. The zero-order valence-corrected chi connectivity index (χ0v) is 13.9. The Kier molecular flexibility index (Phi) is 5.24. The summed E-state index contributed by atoms with van der Waals surface area (Å²) in [6.07, 6.45) is 2.38.